The first-order valence-corrected chi connectivity index (χ1v) is 3.70. The average molecular weight is 156 g/mol. The van der Waals surface area contributed by atoms with Gasteiger partial charge in [0.25, 0.3) is 0 Å². The Balaban J connectivity index is 2.63. The number of hydrogen-bond acceptors (Lipinski definition) is 3. The van der Waals surface area contributed by atoms with Crippen LogP contribution in [-0.4, -0.2) is 29.2 Å². The van der Waals surface area contributed by atoms with E-state index in [1.54, 1.807) is 6.08 Å². The second-order valence-electron chi connectivity index (χ2n) is 2.82. The number of hydrogen-bond donors (Lipinski definition) is 2. The Morgan fingerprint density at radius 3 is 2.73 bits per heavy atom. The fourth-order valence-electron chi connectivity index (χ4n) is 1.28. The Labute approximate surface area is 65.3 Å². The van der Waals surface area contributed by atoms with Crippen molar-refractivity contribution in [2.45, 2.75) is 6.42 Å². The Bertz CT molecular complexity index is 174. The lowest BCUT2D eigenvalue weighted by Gasteiger charge is -2.22. The largest absolute Gasteiger partial charge is 0.396 e. The topological polar surface area (TPSA) is 57.5 Å². The lowest BCUT2D eigenvalue weighted by atomic mass is 9.84. The molecule has 0 aromatic heterocycles. The maximum Gasteiger partial charge on any atom is 0.155 e. The van der Waals surface area contributed by atoms with Crippen molar-refractivity contribution < 1.29 is 15.0 Å². The van der Waals surface area contributed by atoms with Crippen LogP contribution in [0.3, 0.4) is 0 Å². The van der Waals surface area contributed by atoms with Gasteiger partial charge in [0.2, 0.25) is 0 Å². The summed E-state index contributed by atoms with van der Waals surface area (Å²) in [4.78, 5) is 10.8. The Kier molecular flexibility index (Phi) is 2.79. The SMILES string of the molecule is O=C1C=C[C@H](CO)[C@H](CO)C1. The molecule has 0 amide bonds. The molecule has 11 heavy (non-hydrogen) atoms. The highest BCUT2D eigenvalue weighted by Crippen LogP contribution is 2.21. The molecule has 0 aromatic rings. The first-order valence-electron chi connectivity index (χ1n) is 3.70. The summed E-state index contributed by atoms with van der Waals surface area (Å²) in [6, 6.07) is 0. The van der Waals surface area contributed by atoms with E-state index in [1.807, 2.05) is 0 Å². The predicted octanol–water partition coefficient (Wildman–Crippen LogP) is -0.268. The summed E-state index contributed by atoms with van der Waals surface area (Å²) in [5.74, 6) is -0.0936. The van der Waals surface area contributed by atoms with Gasteiger partial charge in [0.15, 0.2) is 5.78 Å². The van der Waals surface area contributed by atoms with Crippen molar-refractivity contribution in [1.82, 2.24) is 0 Å². The number of carbonyl (C=O) groups is 1. The van der Waals surface area contributed by atoms with Gasteiger partial charge in [-0.2, -0.15) is 0 Å². The molecule has 62 valence electrons. The standard InChI is InChI=1S/C8H12O3/c9-4-6-1-2-8(11)3-7(6)5-10/h1-2,6-7,9-10H,3-5H2/t6-,7+/m1/s1. The molecular weight excluding hydrogens is 144 g/mol. The molecule has 0 fully saturated rings. The summed E-state index contributed by atoms with van der Waals surface area (Å²) in [6.45, 7) is -0.0175. The van der Waals surface area contributed by atoms with Crippen LogP contribution < -0.4 is 0 Å². The molecule has 0 saturated carbocycles. The van der Waals surface area contributed by atoms with Crippen molar-refractivity contribution in [1.29, 1.82) is 0 Å². The van der Waals surface area contributed by atoms with Gasteiger partial charge in [0, 0.05) is 25.6 Å². The van der Waals surface area contributed by atoms with Gasteiger partial charge < -0.3 is 10.2 Å². The second kappa shape index (κ2) is 3.64. The van der Waals surface area contributed by atoms with Crippen molar-refractivity contribution in [2.75, 3.05) is 13.2 Å². The molecule has 0 aliphatic heterocycles. The quantitative estimate of drug-likeness (QED) is 0.578. The Hall–Kier alpha value is -0.670. The molecule has 0 spiro atoms. The third kappa shape index (κ3) is 1.88. The van der Waals surface area contributed by atoms with Crippen LogP contribution in [0.5, 0.6) is 0 Å². The van der Waals surface area contributed by atoms with E-state index in [9.17, 15) is 4.79 Å². The van der Waals surface area contributed by atoms with E-state index in [4.69, 9.17) is 10.2 Å². The zero-order valence-corrected chi connectivity index (χ0v) is 6.23. The van der Waals surface area contributed by atoms with E-state index >= 15 is 0 Å². The number of ketones is 1. The minimum absolute atomic E-state index is 0.00894. The van der Waals surface area contributed by atoms with Crippen LogP contribution >= 0.6 is 0 Å². The van der Waals surface area contributed by atoms with Crippen LogP contribution in [0.2, 0.25) is 0 Å². The maximum atomic E-state index is 10.8. The number of carbonyl (C=O) groups excluding carboxylic acids is 1. The molecule has 3 heteroatoms. The fraction of sp³-hybridized carbons (Fsp3) is 0.625. The third-order valence-electron chi connectivity index (χ3n) is 2.04. The zero-order chi connectivity index (χ0) is 8.27. The summed E-state index contributed by atoms with van der Waals surface area (Å²) in [5, 5.41) is 17.6. The van der Waals surface area contributed by atoms with Crippen molar-refractivity contribution >= 4 is 5.78 Å². The van der Waals surface area contributed by atoms with Gasteiger partial charge in [-0.1, -0.05) is 6.08 Å². The van der Waals surface area contributed by atoms with Crippen molar-refractivity contribution in [3.8, 4) is 0 Å². The Morgan fingerprint density at radius 1 is 1.45 bits per heavy atom. The van der Waals surface area contributed by atoms with Gasteiger partial charge in [-0.05, 0) is 12.0 Å². The van der Waals surface area contributed by atoms with Gasteiger partial charge in [-0.15, -0.1) is 0 Å². The average Bonchev–Trinajstić information content (AvgIpc) is 2.04. The van der Waals surface area contributed by atoms with Gasteiger partial charge in [0.05, 0.1) is 0 Å². The maximum absolute atomic E-state index is 10.8. The summed E-state index contributed by atoms with van der Waals surface area (Å²) < 4.78 is 0. The van der Waals surface area contributed by atoms with E-state index in [0.29, 0.717) is 6.42 Å². The van der Waals surface area contributed by atoms with Gasteiger partial charge >= 0.3 is 0 Å². The first-order chi connectivity index (χ1) is 5.27. The molecule has 2 N–H and O–H groups in total. The Morgan fingerprint density at radius 2 is 2.18 bits per heavy atom. The molecule has 0 aromatic carbocycles. The normalized spacial score (nSPS) is 30.9. The van der Waals surface area contributed by atoms with Crippen LogP contribution in [0.15, 0.2) is 12.2 Å². The fourth-order valence-corrected chi connectivity index (χ4v) is 1.28. The van der Waals surface area contributed by atoms with E-state index in [0.717, 1.165) is 0 Å². The molecule has 1 aliphatic carbocycles. The molecule has 0 bridgehead atoms. The van der Waals surface area contributed by atoms with Crippen molar-refractivity contribution in [3.05, 3.63) is 12.2 Å². The number of aliphatic hydroxyl groups excluding tert-OH is 2. The van der Waals surface area contributed by atoms with E-state index in [-0.39, 0.29) is 30.8 Å². The van der Waals surface area contributed by atoms with Gasteiger partial charge in [0.1, 0.15) is 0 Å². The van der Waals surface area contributed by atoms with Crippen molar-refractivity contribution in [3.63, 3.8) is 0 Å². The first kappa shape index (κ1) is 8.43. The molecule has 0 radical (unpaired) electrons. The van der Waals surface area contributed by atoms with Gasteiger partial charge in [-0.25, -0.2) is 0 Å². The van der Waals surface area contributed by atoms with Crippen LogP contribution in [-0.2, 0) is 4.79 Å². The molecule has 0 saturated heterocycles. The van der Waals surface area contributed by atoms with E-state index in [1.165, 1.54) is 6.08 Å². The summed E-state index contributed by atoms with van der Waals surface area (Å²) in [5.41, 5.74) is 0. The molecule has 1 aliphatic rings. The van der Waals surface area contributed by atoms with Crippen molar-refractivity contribution in [2.24, 2.45) is 11.8 Å². The van der Waals surface area contributed by atoms with Gasteiger partial charge in [-0.3, -0.25) is 4.79 Å². The lowest BCUT2D eigenvalue weighted by molar-refractivity contribution is -0.116. The summed E-state index contributed by atoms with van der Waals surface area (Å²) in [7, 11) is 0. The molecule has 1 rings (SSSR count). The van der Waals surface area contributed by atoms with E-state index < -0.39 is 0 Å². The summed E-state index contributed by atoms with van der Waals surface area (Å²) >= 11 is 0. The molecule has 0 heterocycles. The van der Waals surface area contributed by atoms with E-state index in [2.05, 4.69) is 0 Å². The third-order valence-corrected chi connectivity index (χ3v) is 2.04. The number of allylic oxidation sites excluding steroid dienone is 1. The lowest BCUT2D eigenvalue weighted by Crippen LogP contribution is -2.26. The minimum Gasteiger partial charge on any atom is -0.396 e. The zero-order valence-electron chi connectivity index (χ0n) is 6.23. The van der Waals surface area contributed by atoms with Crippen LogP contribution in [0.25, 0.3) is 0 Å². The smallest absolute Gasteiger partial charge is 0.155 e. The van der Waals surface area contributed by atoms with Crippen LogP contribution in [0, 0.1) is 11.8 Å². The molecular formula is C8H12O3. The summed E-state index contributed by atoms with van der Waals surface area (Å²) in [6.07, 6.45) is 3.51. The second-order valence-corrected chi connectivity index (χ2v) is 2.82. The predicted molar refractivity (Wildman–Crippen MR) is 39.9 cm³/mol. The van der Waals surface area contributed by atoms with Crippen LogP contribution in [0.4, 0.5) is 0 Å². The minimum atomic E-state index is -0.0856. The van der Waals surface area contributed by atoms with Crippen LogP contribution in [0.1, 0.15) is 6.42 Å². The molecule has 0 unspecified atom stereocenters. The number of aliphatic hydroxyl groups is 2. The number of rotatable bonds is 2. The highest BCUT2D eigenvalue weighted by molar-refractivity contribution is 5.90. The molecule has 2 atom stereocenters. The molecule has 3 nitrogen and oxygen atoms in total. The highest BCUT2D eigenvalue weighted by Gasteiger charge is 2.23. The highest BCUT2D eigenvalue weighted by atomic mass is 16.3. The monoisotopic (exact) mass is 156 g/mol.